The first-order chi connectivity index (χ1) is 9.73. The number of imide groups is 1. The van der Waals surface area contributed by atoms with Crippen LogP contribution >= 0.6 is 0 Å². The van der Waals surface area contributed by atoms with Gasteiger partial charge in [-0.3, -0.25) is 10.1 Å². The van der Waals surface area contributed by atoms with Crippen LogP contribution in [0.1, 0.15) is 24.8 Å². The zero-order valence-electron chi connectivity index (χ0n) is 11.5. The number of amides is 3. The molecule has 3 amide bonds. The van der Waals surface area contributed by atoms with E-state index in [4.69, 9.17) is 5.73 Å². The highest BCUT2D eigenvalue weighted by atomic mass is 32.2. The third kappa shape index (κ3) is 3.40. The summed E-state index contributed by atoms with van der Waals surface area (Å²) in [5.41, 5.74) is 5.57. The number of carbonyl (C=O) groups excluding carboxylic acids is 2. The molecule has 0 radical (unpaired) electrons. The van der Waals surface area contributed by atoms with E-state index in [9.17, 15) is 18.0 Å². The van der Waals surface area contributed by atoms with Crippen LogP contribution in [0, 0.1) is 6.92 Å². The third-order valence-corrected chi connectivity index (χ3v) is 4.83. The molecule has 21 heavy (non-hydrogen) atoms. The van der Waals surface area contributed by atoms with Crippen LogP contribution in [0.15, 0.2) is 29.2 Å². The minimum Gasteiger partial charge on any atom is -0.317 e. The minimum atomic E-state index is -4.01. The van der Waals surface area contributed by atoms with Gasteiger partial charge in [-0.15, -0.1) is 0 Å². The van der Waals surface area contributed by atoms with Crippen LogP contribution in [0.5, 0.6) is 0 Å². The molecule has 0 atom stereocenters. The molecule has 1 saturated carbocycles. The Kier molecular flexibility index (Phi) is 4.02. The average molecular weight is 311 g/mol. The lowest BCUT2D eigenvalue weighted by atomic mass is 9.77. The van der Waals surface area contributed by atoms with Gasteiger partial charge in [-0.05, 0) is 38.3 Å². The van der Waals surface area contributed by atoms with Crippen LogP contribution in [0.25, 0.3) is 0 Å². The molecule has 0 aliphatic heterocycles. The highest BCUT2D eigenvalue weighted by molar-refractivity contribution is 7.90. The second-order valence-electron chi connectivity index (χ2n) is 5.21. The molecule has 1 aromatic rings. The maximum absolute atomic E-state index is 12.0. The highest BCUT2D eigenvalue weighted by Crippen LogP contribution is 2.28. The molecule has 1 aliphatic carbocycles. The Morgan fingerprint density at radius 2 is 1.76 bits per heavy atom. The van der Waals surface area contributed by atoms with Gasteiger partial charge in [0.2, 0.25) is 5.91 Å². The molecule has 0 heterocycles. The minimum absolute atomic E-state index is 0.0539. The second kappa shape index (κ2) is 5.45. The Hall–Kier alpha value is -1.93. The van der Waals surface area contributed by atoms with Crippen molar-refractivity contribution in [1.82, 2.24) is 10.0 Å². The van der Waals surface area contributed by atoms with Crippen molar-refractivity contribution in [2.24, 2.45) is 5.73 Å². The summed E-state index contributed by atoms with van der Waals surface area (Å²) in [6.45, 7) is 1.81. The van der Waals surface area contributed by atoms with Crippen molar-refractivity contribution in [3.63, 3.8) is 0 Å². The maximum atomic E-state index is 12.0. The predicted molar refractivity (Wildman–Crippen MR) is 75.8 cm³/mol. The third-order valence-electron chi connectivity index (χ3n) is 3.48. The molecule has 0 bridgehead atoms. The fraction of sp³-hybridized carbons (Fsp3) is 0.385. The van der Waals surface area contributed by atoms with Crippen molar-refractivity contribution in [3.8, 4) is 0 Å². The van der Waals surface area contributed by atoms with E-state index in [1.807, 2.05) is 12.2 Å². The number of nitrogens with two attached hydrogens (primary N) is 1. The van der Waals surface area contributed by atoms with Crippen molar-refractivity contribution < 1.29 is 18.0 Å². The molecule has 1 aliphatic rings. The predicted octanol–water partition coefficient (Wildman–Crippen LogP) is 0.391. The van der Waals surface area contributed by atoms with E-state index in [1.165, 1.54) is 12.1 Å². The van der Waals surface area contributed by atoms with E-state index in [0.717, 1.165) is 12.0 Å². The van der Waals surface area contributed by atoms with Gasteiger partial charge in [0.15, 0.2) is 0 Å². The van der Waals surface area contributed by atoms with Gasteiger partial charge in [0.05, 0.1) is 10.4 Å². The summed E-state index contributed by atoms with van der Waals surface area (Å²) in [6, 6.07) is 4.88. The summed E-state index contributed by atoms with van der Waals surface area (Å²) < 4.78 is 25.7. The van der Waals surface area contributed by atoms with Gasteiger partial charge in [-0.1, -0.05) is 17.7 Å². The van der Waals surface area contributed by atoms with Gasteiger partial charge in [-0.25, -0.2) is 17.9 Å². The molecule has 4 N–H and O–H groups in total. The molecule has 1 fully saturated rings. The number of hydrogen-bond donors (Lipinski definition) is 3. The summed E-state index contributed by atoms with van der Waals surface area (Å²) in [7, 11) is -4.01. The molecule has 2 rings (SSSR count). The Labute approximate surface area is 123 Å². The number of nitrogens with one attached hydrogen (secondary N) is 2. The Bertz CT molecular complexity index is 663. The fourth-order valence-corrected chi connectivity index (χ4v) is 2.84. The molecule has 114 valence electrons. The van der Waals surface area contributed by atoms with Gasteiger partial charge in [0.25, 0.3) is 10.0 Å². The summed E-state index contributed by atoms with van der Waals surface area (Å²) in [5.74, 6) is -0.662. The molecular formula is C13H17N3O4S. The largest absolute Gasteiger partial charge is 0.335 e. The summed E-state index contributed by atoms with van der Waals surface area (Å²) in [5, 5.41) is 1.97. The quantitative estimate of drug-likeness (QED) is 0.746. The van der Waals surface area contributed by atoms with Crippen LogP contribution < -0.4 is 15.8 Å². The van der Waals surface area contributed by atoms with Crippen molar-refractivity contribution in [3.05, 3.63) is 29.8 Å². The number of urea groups is 1. The van der Waals surface area contributed by atoms with Gasteiger partial charge in [0, 0.05) is 0 Å². The van der Waals surface area contributed by atoms with Crippen LogP contribution in [-0.4, -0.2) is 25.9 Å². The molecule has 7 nitrogen and oxygen atoms in total. The fourth-order valence-electron chi connectivity index (χ4n) is 1.94. The van der Waals surface area contributed by atoms with E-state index in [-0.39, 0.29) is 4.90 Å². The smallest absolute Gasteiger partial charge is 0.317 e. The van der Waals surface area contributed by atoms with Crippen molar-refractivity contribution in [2.75, 3.05) is 0 Å². The first-order valence-electron chi connectivity index (χ1n) is 6.47. The zero-order valence-corrected chi connectivity index (χ0v) is 12.4. The Balaban J connectivity index is 2.01. The lowest BCUT2D eigenvalue weighted by molar-refractivity contribution is -0.128. The number of hydrogen-bond acceptors (Lipinski definition) is 5. The van der Waals surface area contributed by atoms with Crippen LogP contribution in [0.2, 0.25) is 0 Å². The van der Waals surface area contributed by atoms with E-state index >= 15 is 0 Å². The molecule has 0 spiro atoms. The van der Waals surface area contributed by atoms with E-state index < -0.39 is 27.5 Å². The van der Waals surface area contributed by atoms with Gasteiger partial charge in [0.1, 0.15) is 0 Å². The Morgan fingerprint density at radius 3 is 2.24 bits per heavy atom. The van der Waals surface area contributed by atoms with Crippen LogP contribution in [0.3, 0.4) is 0 Å². The molecule has 0 aromatic heterocycles. The second-order valence-corrected chi connectivity index (χ2v) is 6.89. The van der Waals surface area contributed by atoms with Crippen molar-refractivity contribution in [2.45, 2.75) is 36.6 Å². The normalized spacial score (nSPS) is 16.7. The van der Waals surface area contributed by atoms with E-state index in [2.05, 4.69) is 0 Å². The summed E-state index contributed by atoms with van der Waals surface area (Å²) in [6.07, 6.45) is 1.78. The number of aryl methyl sites for hydroxylation is 1. The SMILES string of the molecule is Cc1ccc(S(=O)(=O)NC(=O)NC(=O)C2(N)CCC2)cc1. The molecule has 0 unspecified atom stereocenters. The highest BCUT2D eigenvalue weighted by Gasteiger charge is 2.41. The zero-order chi connectivity index (χ0) is 15.7. The van der Waals surface area contributed by atoms with Crippen LogP contribution in [0.4, 0.5) is 4.79 Å². The Morgan fingerprint density at radius 1 is 1.19 bits per heavy atom. The molecule has 0 saturated heterocycles. The van der Waals surface area contributed by atoms with Gasteiger partial charge in [-0.2, -0.15) is 0 Å². The van der Waals surface area contributed by atoms with Gasteiger partial charge < -0.3 is 5.73 Å². The lowest BCUT2D eigenvalue weighted by Gasteiger charge is -2.35. The standard InChI is InChI=1S/C13H17N3O4S/c1-9-3-5-10(6-4-9)21(19,20)16-12(18)15-11(17)13(14)7-2-8-13/h3-6H,2,7-8,14H2,1H3,(H2,15,16,17,18). The monoisotopic (exact) mass is 311 g/mol. The van der Waals surface area contributed by atoms with Crippen molar-refractivity contribution >= 4 is 22.0 Å². The first-order valence-corrected chi connectivity index (χ1v) is 7.95. The number of sulfonamides is 1. The first kappa shape index (κ1) is 15.5. The topological polar surface area (TPSA) is 118 Å². The number of carbonyl (C=O) groups is 2. The average Bonchev–Trinajstić information content (AvgIpc) is 2.35. The molecule has 8 heteroatoms. The summed E-state index contributed by atoms with van der Waals surface area (Å²) >= 11 is 0. The number of rotatable bonds is 3. The lowest BCUT2D eigenvalue weighted by Crippen LogP contribution is -2.60. The number of benzene rings is 1. The molecular weight excluding hydrogens is 294 g/mol. The van der Waals surface area contributed by atoms with Gasteiger partial charge >= 0.3 is 6.03 Å². The molecule has 1 aromatic carbocycles. The van der Waals surface area contributed by atoms with E-state index in [0.29, 0.717) is 12.8 Å². The van der Waals surface area contributed by atoms with E-state index in [1.54, 1.807) is 16.9 Å². The van der Waals surface area contributed by atoms with Crippen molar-refractivity contribution in [1.29, 1.82) is 0 Å². The maximum Gasteiger partial charge on any atom is 0.335 e. The summed E-state index contributed by atoms with van der Waals surface area (Å²) in [4.78, 5) is 23.3. The van der Waals surface area contributed by atoms with Crippen LogP contribution in [-0.2, 0) is 14.8 Å².